The van der Waals surface area contributed by atoms with Crippen LogP contribution in [0.4, 0.5) is 0 Å². The molecule has 1 rings (SSSR count). The maximum Gasteiger partial charge on any atom is 0.315 e. The van der Waals surface area contributed by atoms with Crippen molar-refractivity contribution >= 4 is 5.97 Å². The Morgan fingerprint density at radius 2 is 2.06 bits per heavy atom. The molecule has 1 aromatic rings. The molecule has 0 aromatic heterocycles. The van der Waals surface area contributed by atoms with Crippen molar-refractivity contribution in [1.29, 1.82) is 0 Å². The summed E-state index contributed by atoms with van der Waals surface area (Å²) in [7, 11) is 0. The van der Waals surface area contributed by atoms with Crippen LogP contribution in [-0.2, 0) is 10.4 Å². The van der Waals surface area contributed by atoms with E-state index in [9.17, 15) is 9.90 Å². The topological polar surface area (TPSA) is 106 Å². The van der Waals surface area contributed by atoms with E-state index in [1.165, 1.54) is 6.92 Å². The molecule has 2 N–H and O–H groups in total. The summed E-state index contributed by atoms with van der Waals surface area (Å²) < 4.78 is 0. The molecule has 0 amide bonds. The summed E-state index contributed by atoms with van der Waals surface area (Å²) >= 11 is 0. The summed E-state index contributed by atoms with van der Waals surface area (Å²) in [6.45, 7) is 1.30. The van der Waals surface area contributed by atoms with E-state index in [0.29, 0.717) is 5.56 Å². The molecular formula is C10H11N3O3. The molecule has 0 aliphatic carbocycles. The molecule has 84 valence electrons. The summed E-state index contributed by atoms with van der Waals surface area (Å²) in [6, 6.07) is 6.66. The Balaban J connectivity index is 3.17. The molecule has 0 spiro atoms. The summed E-state index contributed by atoms with van der Waals surface area (Å²) in [6.07, 6.45) is 0. The second kappa shape index (κ2) is 4.65. The van der Waals surface area contributed by atoms with E-state index in [4.69, 9.17) is 10.6 Å². The first-order valence-corrected chi connectivity index (χ1v) is 4.55. The Morgan fingerprint density at radius 1 is 1.50 bits per heavy atom. The number of aliphatic carboxylic acids is 1. The standard InChI is InChI=1S/C10H11N3O3/c1-10(16,7-5-3-2-4-6-7)8(9(14)15)12-13-11/h2-6,8,16H,1H3,(H,14,15)/t8-,10-/m0/s1. The highest BCUT2D eigenvalue weighted by Crippen LogP contribution is 2.26. The van der Waals surface area contributed by atoms with E-state index in [1.54, 1.807) is 30.3 Å². The Labute approximate surface area is 91.8 Å². The van der Waals surface area contributed by atoms with Crippen LogP contribution in [0.25, 0.3) is 10.4 Å². The highest BCUT2D eigenvalue weighted by Gasteiger charge is 2.38. The number of aliphatic hydroxyl groups is 1. The minimum atomic E-state index is -1.74. The van der Waals surface area contributed by atoms with Crippen LogP contribution in [-0.4, -0.2) is 22.2 Å². The molecule has 6 nitrogen and oxygen atoms in total. The minimum absolute atomic E-state index is 0.384. The van der Waals surface area contributed by atoms with Gasteiger partial charge in [0, 0.05) is 4.91 Å². The molecule has 0 radical (unpaired) electrons. The zero-order valence-corrected chi connectivity index (χ0v) is 8.61. The van der Waals surface area contributed by atoms with E-state index in [2.05, 4.69) is 10.0 Å². The van der Waals surface area contributed by atoms with Crippen molar-refractivity contribution in [3.63, 3.8) is 0 Å². The van der Waals surface area contributed by atoms with Gasteiger partial charge in [-0.3, -0.25) is 4.79 Å². The second-order valence-corrected chi connectivity index (χ2v) is 3.46. The van der Waals surface area contributed by atoms with E-state index in [0.717, 1.165) is 0 Å². The van der Waals surface area contributed by atoms with Gasteiger partial charge in [-0.05, 0) is 18.0 Å². The first-order chi connectivity index (χ1) is 7.50. The lowest BCUT2D eigenvalue weighted by Crippen LogP contribution is -2.40. The number of rotatable bonds is 4. The summed E-state index contributed by atoms with van der Waals surface area (Å²) in [5.41, 5.74) is 6.93. The SMILES string of the molecule is C[C@](O)(c1ccccc1)[C@@H](N=[N+]=[N-])C(=O)O. The average Bonchev–Trinajstić information content (AvgIpc) is 2.26. The number of carboxylic acid groups (broad SMARTS) is 1. The van der Waals surface area contributed by atoms with Crippen LogP contribution < -0.4 is 0 Å². The fourth-order valence-electron chi connectivity index (χ4n) is 1.39. The number of carbonyl (C=O) groups is 1. The Kier molecular flexibility index (Phi) is 3.50. The predicted molar refractivity (Wildman–Crippen MR) is 56.6 cm³/mol. The molecule has 0 fully saturated rings. The van der Waals surface area contributed by atoms with Gasteiger partial charge in [0.05, 0.1) is 0 Å². The third-order valence-electron chi connectivity index (χ3n) is 2.29. The van der Waals surface area contributed by atoms with Crippen LogP contribution in [0.1, 0.15) is 12.5 Å². The highest BCUT2D eigenvalue weighted by molar-refractivity contribution is 5.75. The fourth-order valence-corrected chi connectivity index (χ4v) is 1.39. The molecule has 0 unspecified atom stereocenters. The van der Waals surface area contributed by atoms with Crippen molar-refractivity contribution < 1.29 is 15.0 Å². The number of nitrogens with zero attached hydrogens (tertiary/aromatic N) is 3. The van der Waals surface area contributed by atoms with Gasteiger partial charge < -0.3 is 10.2 Å². The molecule has 1 aromatic carbocycles. The van der Waals surface area contributed by atoms with Crippen molar-refractivity contribution in [2.75, 3.05) is 0 Å². The van der Waals surface area contributed by atoms with Crippen LogP contribution in [0.3, 0.4) is 0 Å². The van der Waals surface area contributed by atoms with Crippen LogP contribution in [0.15, 0.2) is 35.4 Å². The normalized spacial score (nSPS) is 15.6. The van der Waals surface area contributed by atoms with E-state index >= 15 is 0 Å². The van der Waals surface area contributed by atoms with Crippen LogP contribution in [0.5, 0.6) is 0 Å². The molecule has 0 saturated carbocycles. The quantitative estimate of drug-likeness (QED) is 0.458. The van der Waals surface area contributed by atoms with Gasteiger partial charge in [-0.25, -0.2) is 0 Å². The largest absolute Gasteiger partial charge is 0.481 e. The third kappa shape index (κ3) is 2.31. The predicted octanol–water partition coefficient (Wildman–Crippen LogP) is 1.66. The van der Waals surface area contributed by atoms with E-state index in [1.807, 2.05) is 0 Å². The Bertz CT molecular complexity index is 422. The molecular weight excluding hydrogens is 210 g/mol. The summed E-state index contributed by atoms with van der Waals surface area (Å²) in [5, 5.41) is 22.1. The summed E-state index contributed by atoms with van der Waals surface area (Å²) in [5.74, 6) is -1.37. The fraction of sp³-hybridized carbons (Fsp3) is 0.300. The van der Waals surface area contributed by atoms with Gasteiger partial charge in [0.25, 0.3) is 0 Å². The molecule has 0 aliphatic rings. The van der Waals surface area contributed by atoms with Gasteiger partial charge in [-0.2, -0.15) is 0 Å². The molecule has 0 aliphatic heterocycles. The molecule has 16 heavy (non-hydrogen) atoms. The maximum absolute atomic E-state index is 10.9. The average molecular weight is 221 g/mol. The number of azide groups is 1. The van der Waals surface area contributed by atoms with Gasteiger partial charge >= 0.3 is 5.97 Å². The highest BCUT2D eigenvalue weighted by atomic mass is 16.4. The van der Waals surface area contributed by atoms with Gasteiger partial charge in [0.2, 0.25) is 0 Å². The zero-order chi connectivity index (χ0) is 12.2. The number of hydrogen-bond acceptors (Lipinski definition) is 3. The van der Waals surface area contributed by atoms with Crippen LogP contribution in [0.2, 0.25) is 0 Å². The van der Waals surface area contributed by atoms with Crippen LogP contribution >= 0.6 is 0 Å². The minimum Gasteiger partial charge on any atom is -0.481 e. The Morgan fingerprint density at radius 3 is 2.50 bits per heavy atom. The number of hydrogen-bond donors (Lipinski definition) is 2. The Hall–Kier alpha value is -2.04. The molecule has 0 saturated heterocycles. The van der Waals surface area contributed by atoms with Crippen molar-refractivity contribution in [2.24, 2.45) is 5.11 Å². The third-order valence-corrected chi connectivity index (χ3v) is 2.29. The lowest BCUT2D eigenvalue weighted by molar-refractivity contribution is -0.145. The molecule has 6 heteroatoms. The lowest BCUT2D eigenvalue weighted by Gasteiger charge is -2.27. The van der Waals surface area contributed by atoms with Gasteiger partial charge in [0.1, 0.15) is 5.60 Å². The van der Waals surface area contributed by atoms with Crippen molar-refractivity contribution in [3.05, 3.63) is 46.3 Å². The number of benzene rings is 1. The summed E-state index contributed by atoms with van der Waals surface area (Å²) in [4.78, 5) is 13.3. The van der Waals surface area contributed by atoms with E-state index < -0.39 is 17.6 Å². The van der Waals surface area contributed by atoms with Crippen molar-refractivity contribution in [3.8, 4) is 0 Å². The first kappa shape index (κ1) is 12.0. The van der Waals surface area contributed by atoms with Crippen molar-refractivity contribution in [2.45, 2.75) is 18.6 Å². The molecule has 0 bridgehead atoms. The van der Waals surface area contributed by atoms with Gasteiger partial charge in [0.15, 0.2) is 6.04 Å². The molecule has 2 atom stereocenters. The lowest BCUT2D eigenvalue weighted by atomic mass is 9.89. The second-order valence-electron chi connectivity index (χ2n) is 3.46. The zero-order valence-electron chi connectivity index (χ0n) is 8.61. The van der Waals surface area contributed by atoms with Crippen LogP contribution in [0, 0.1) is 0 Å². The number of carboxylic acids is 1. The maximum atomic E-state index is 10.9. The van der Waals surface area contributed by atoms with E-state index in [-0.39, 0.29) is 0 Å². The molecule has 0 heterocycles. The van der Waals surface area contributed by atoms with Crippen molar-refractivity contribution in [1.82, 2.24) is 0 Å². The smallest absolute Gasteiger partial charge is 0.315 e. The monoisotopic (exact) mass is 221 g/mol. The van der Waals surface area contributed by atoms with Gasteiger partial charge in [-0.1, -0.05) is 35.4 Å². The van der Waals surface area contributed by atoms with Gasteiger partial charge in [-0.15, -0.1) is 0 Å². The first-order valence-electron chi connectivity index (χ1n) is 4.55.